The number of nitrogens with one attached hydrogen (secondary N) is 1. The van der Waals surface area contributed by atoms with Crippen LogP contribution in [0.1, 0.15) is 12.0 Å². The average Bonchev–Trinajstić information content (AvgIpc) is 2.98. The van der Waals surface area contributed by atoms with Gasteiger partial charge in [0.15, 0.2) is 0 Å². The molecule has 0 bridgehead atoms. The second kappa shape index (κ2) is 4.76. The van der Waals surface area contributed by atoms with E-state index in [0.717, 1.165) is 34.3 Å². The second-order valence-electron chi connectivity index (χ2n) is 5.04. The van der Waals surface area contributed by atoms with Crippen molar-refractivity contribution in [3.63, 3.8) is 0 Å². The van der Waals surface area contributed by atoms with Crippen molar-refractivity contribution in [3.05, 3.63) is 46.4 Å². The quantitative estimate of drug-likeness (QED) is 0.641. The molecule has 1 aliphatic rings. The number of fused-ring (bicyclic) bond motifs is 2. The van der Waals surface area contributed by atoms with Gasteiger partial charge in [-0.2, -0.15) is 0 Å². The summed E-state index contributed by atoms with van der Waals surface area (Å²) in [5, 5.41) is 7.26. The molecule has 100 valence electrons. The first-order valence-electron chi connectivity index (χ1n) is 6.72. The van der Waals surface area contributed by atoms with Crippen LogP contribution in [-0.2, 0) is 6.42 Å². The number of hydrogen-bond acceptors (Lipinski definition) is 3. The van der Waals surface area contributed by atoms with E-state index in [0.29, 0.717) is 5.15 Å². The number of halogens is 1. The SMILES string of the molecule is Clc1nc2cc3c(cc2cc1-c1cccs1)NCCC3. The minimum Gasteiger partial charge on any atom is -0.385 e. The molecule has 0 amide bonds. The second-order valence-corrected chi connectivity index (χ2v) is 6.34. The van der Waals surface area contributed by atoms with Gasteiger partial charge in [0, 0.05) is 28.1 Å². The zero-order valence-electron chi connectivity index (χ0n) is 10.8. The molecule has 1 aromatic carbocycles. The summed E-state index contributed by atoms with van der Waals surface area (Å²) in [6, 6.07) is 10.6. The van der Waals surface area contributed by atoms with Gasteiger partial charge in [-0.25, -0.2) is 4.98 Å². The summed E-state index contributed by atoms with van der Waals surface area (Å²) in [6.45, 7) is 1.05. The molecule has 0 saturated heterocycles. The van der Waals surface area contributed by atoms with Gasteiger partial charge in [-0.05, 0) is 48.1 Å². The minimum absolute atomic E-state index is 0.587. The van der Waals surface area contributed by atoms with Crippen LogP contribution in [-0.4, -0.2) is 11.5 Å². The highest BCUT2D eigenvalue weighted by Gasteiger charge is 2.13. The maximum atomic E-state index is 6.36. The molecule has 20 heavy (non-hydrogen) atoms. The molecule has 0 unspecified atom stereocenters. The number of pyridine rings is 1. The van der Waals surface area contributed by atoms with Gasteiger partial charge in [0.25, 0.3) is 0 Å². The third-order valence-corrected chi connectivity index (χ3v) is 4.91. The maximum Gasteiger partial charge on any atom is 0.138 e. The lowest BCUT2D eigenvalue weighted by Gasteiger charge is -2.18. The highest BCUT2D eigenvalue weighted by molar-refractivity contribution is 7.13. The summed E-state index contributed by atoms with van der Waals surface area (Å²) < 4.78 is 0. The van der Waals surface area contributed by atoms with Crippen molar-refractivity contribution in [2.75, 3.05) is 11.9 Å². The number of rotatable bonds is 1. The smallest absolute Gasteiger partial charge is 0.138 e. The molecule has 1 N–H and O–H groups in total. The summed E-state index contributed by atoms with van der Waals surface area (Å²) >= 11 is 8.05. The Morgan fingerprint density at radius 1 is 1.25 bits per heavy atom. The molecule has 2 aromatic heterocycles. The summed E-state index contributed by atoms with van der Waals surface area (Å²) in [5.41, 5.74) is 4.59. The molecule has 0 radical (unpaired) electrons. The fourth-order valence-electron chi connectivity index (χ4n) is 2.72. The molecule has 4 heteroatoms. The first-order chi connectivity index (χ1) is 9.81. The van der Waals surface area contributed by atoms with E-state index in [9.17, 15) is 0 Å². The van der Waals surface area contributed by atoms with Gasteiger partial charge in [-0.1, -0.05) is 17.7 Å². The third kappa shape index (κ3) is 1.98. The summed E-state index contributed by atoms with van der Waals surface area (Å²) in [5.74, 6) is 0. The molecule has 3 aromatic rings. The van der Waals surface area contributed by atoms with E-state index in [1.165, 1.54) is 17.7 Å². The van der Waals surface area contributed by atoms with Gasteiger partial charge in [0.2, 0.25) is 0 Å². The summed E-state index contributed by atoms with van der Waals surface area (Å²) in [4.78, 5) is 5.75. The van der Waals surface area contributed by atoms with Crippen molar-refractivity contribution in [3.8, 4) is 10.4 Å². The number of benzene rings is 1. The maximum absolute atomic E-state index is 6.36. The van der Waals surface area contributed by atoms with Crippen LogP contribution >= 0.6 is 22.9 Å². The highest BCUT2D eigenvalue weighted by atomic mass is 35.5. The van der Waals surface area contributed by atoms with Crippen LogP contribution < -0.4 is 5.32 Å². The van der Waals surface area contributed by atoms with E-state index in [1.807, 2.05) is 6.07 Å². The third-order valence-electron chi connectivity index (χ3n) is 3.72. The van der Waals surface area contributed by atoms with Crippen molar-refractivity contribution < 1.29 is 0 Å². The predicted octanol–water partition coefficient (Wildman–Crippen LogP) is 4.97. The zero-order valence-corrected chi connectivity index (χ0v) is 12.4. The minimum atomic E-state index is 0.587. The largest absolute Gasteiger partial charge is 0.385 e. The van der Waals surface area contributed by atoms with Crippen LogP contribution in [0, 0.1) is 0 Å². The van der Waals surface area contributed by atoms with E-state index in [4.69, 9.17) is 11.6 Å². The molecule has 0 fully saturated rings. The van der Waals surface area contributed by atoms with Gasteiger partial charge in [0.1, 0.15) is 5.15 Å². The van der Waals surface area contributed by atoms with Crippen molar-refractivity contribution in [2.45, 2.75) is 12.8 Å². The first-order valence-corrected chi connectivity index (χ1v) is 7.98. The molecule has 4 rings (SSSR count). The Morgan fingerprint density at radius 2 is 2.20 bits per heavy atom. The van der Waals surface area contributed by atoms with E-state index in [-0.39, 0.29) is 0 Å². The fourth-order valence-corrected chi connectivity index (χ4v) is 3.77. The van der Waals surface area contributed by atoms with E-state index < -0.39 is 0 Å². The topological polar surface area (TPSA) is 24.9 Å². The van der Waals surface area contributed by atoms with Crippen molar-refractivity contribution in [1.29, 1.82) is 0 Å². The number of hydrogen-bond donors (Lipinski definition) is 1. The van der Waals surface area contributed by atoms with E-state index in [2.05, 4.69) is 39.9 Å². The van der Waals surface area contributed by atoms with Gasteiger partial charge in [-0.3, -0.25) is 0 Å². The Balaban J connectivity index is 1.94. The van der Waals surface area contributed by atoms with Crippen LogP contribution in [0.2, 0.25) is 5.15 Å². The average molecular weight is 301 g/mol. The molecule has 3 heterocycles. The zero-order chi connectivity index (χ0) is 13.5. The Labute approximate surface area is 126 Å². The van der Waals surface area contributed by atoms with Crippen molar-refractivity contribution in [2.24, 2.45) is 0 Å². The number of thiophene rings is 1. The number of nitrogens with zero attached hydrogens (tertiary/aromatic N) is 1. The number of anilines is 1. The molecular formula is C16H13ClN2S. The van der Waals surface area contributed by atoms with Crippen LogP contribution in [0.5, 0.6) is 0 Å². The van der Waals surface area contributed by atoms with E-state index >= 15 is 0 Å². The van der Waals surface area contributed by atoms with Crippen LogP contribution in [0.4, 0.5) is 5.69 Å². The van der Waals surface area contributed by atoms with Crippen molar-refractivity contribution >= 4 is 39.5 Å². The van der Waals surface area contributed by atoms with Crippen molar-refractivity contribution in [1.82, 2.24) is 4.98 Å². The normalized spacial score (nSPS) is 14.1. The molecule has 0 saturated carbocycles. The molecular weight excluding hydrogens is 288 g/mol. The lowest BCUT2D eigenvalue weighted by Crippen LogP contribution is -2.11. The van der Waals surface area contributed by atoms with Gasteiger partial charge < -0.3 is 5.32 Å². The Hall–Kier alpha value is -1.58. The molecule has 2 nitrogen and oxygen atoms in total. The lowest BCUT2D eigenvalue weighted by atomic mass is 10.0. The summed E-state index contributed by atoms with van der Waals surface area (Å²) in [6.07, 6.45) is 2.30. The highest BCUT2D eigenvalue weighted by Crippen LogP contribution is 2.35. The predicted molar refractivity (Wildman–Crippen MR) is 86.9 cm³/mol. The van der Waals surface area contributed by atoms with Crippen LogP contribution in [0.3, 0.4) is 0 Å². The van der Waals surface area contributed by atoms with Crippen LogP contribution in [0.15, 0.2) is 35.7 Å². The number of aromatic nitrogens is 1. The Bertz CT molecular complexity index is 781. The molecule has 0 spiro atoms. The first kappa shape index (κ1) is 12.2. The van der Waals surface area contributed by atoms with Gasteiger partial charge in [0.05, 0.1) is 5.52 Å². The lowest BCUT2D eigenvalue weighted by molar-refractivity contribution is 0.831. The fraction of sp³-hybridized carbons (Fsp3) is 0.188. The monoisotopic (exact) mass is 300 g/mol. The molecule has 1 aliphatic heterocycles. The molecule has 0 atom stereocenters. The van der Waals surface area contributed by atoms with Gasteiger partial charge in [-0.15, -0.1) is 11.3 Å². The summed E-state index contributed by atoms with van der Waals surface area (Å²) in [7, 11) is 0. The van der Waals surface area contributed by atoms with Gasteiger partial charge >= 0.3 is 0 Å². The van der Waals surface area contributed by atoms with E-state index in [1.54, 1.807) is 11.3 Å². The Kier molecular flexibility index (Phi) is 2.90. The Morgan fingerprint density at radius 3 is 3.05 bits per heavy atom. The standard InChI is InChI=1S/C16H13ClN2S/c17-16-12(15-4-2-6-20-15)7-11-9-13-10(3-1-5-18-13)8-14(11)19-16/h2,4,6-9,18H,1,3,5H2. The van der Waals surface area contributed by atoms with Crippen LogP contribution in [0.25, 0.3) is 21.3 Å². The molecule has 0 aliphatic carbocycles. The number of aryl methyl sites for hydroxylation is 1.